The summed E-state index contributed by atoms with van der Waals surface area (Å²) in [6.07, 6.45) is 7.25. The average Bonchev–Trinajstić information content (AvgIpc) is 2.54. The Balaban J connectivity index is 3.01. The van der Waals surface area contributed by atoms with Gasteiger partial charge in [0.05, 0.1) is 0 Å². The van der Waals surface area contributed by atoms with Crippen molar-refractivity contribution < 1.29 is 0 Å². The van der Waals surface area contributed by atoms with Gasteiger partial charge in [-0.2, -0.15) is 0 Å². The summed E-state index contributed by atoms with van der Waals surface area (Å²) in [6, 6.07) is 1.89. The second-order valence-electron chi connectivity index (χ2n) is 6.62. The molecule has 1 heterocycles. The molecule has 1 rings (SSSR count). The molecular formula is C16H36B3N3. The second kappa shape index (κ2) is 10.0. The number of nitrogens with zero attached hydrogens (tertiary/aromatic N) is 3. The molecular weight excluding hydrogens is 267 g/mol. The van der Waals surface area contributed by atoms with E-state index >= 15 is 0 Å². The van der Waals surface area contributed by atoms with E-state index in [-0.39, 0.29) is 0 Å². The van der Waals surface area contributed by atoms with Crippen LogP contribution in [0.3, 0.4) is 0 Å². The molecule has 0 aromatic carbocycles. The van der Waals surface area contributed by atoms with Crippen molar-refractivity contribution in [2.75, 3.05) is 0 Å². The molecule has 0 amide bonds. The van der Waals surface area contributed by atoms with Crippen LogP contribution in [0.15, 0.2) is 0 Å². The van der Waals surface area contributed by atoms with Crippen LogP contribution < -0.4 is 0 Å². The largest absolute Gasteiger partial charge is 0.362 e. The van der Waals surface area contributed by atoms with Gasteiger partial charge in [0, 0.05) is 0 Å². The maximum Gasteiger partial charge on any atom is 0.290 e. The summed E-state index contributed by atoms with van der Waals surface area (Å²) in [5, 5.41) is 0. The SMILES string of the molecule is CCC(CC)N1[B]N(C(CC)CC)B(C)N(C(CC)CC)[B]1. The molecule has 22 heavy (non-hydrogen) atoms. The van der Waals surface area contributed by atoms with Crippen LogP contribution in [-0.2, 0) is 0 Å². The van der Waals surface area contributed by atoms with Gasteiger partial charge in [0.15, 0.2) is 0 Å². The predicted octanol–water partition coefficient (Wildman–Crippen LogP) is 3.66. The molecule has 0 aromatic rings. The Morgan fingerprint density at radius 2 is 0.955 bits per heavy atom. The topological polar surface area (TPSA) is 9.72 Å². The third kappa shape index (κ3) is 4.55. The van der Waals surface area contributed by atoms with E-state index in [9.17, 15) is 0 Å². The van der Waals surface area contributed by atoms with Gasteiger partial charge in [-0.15, -0.1) is 0 Å². The van der Waals surface area contributed by atoms with Crippen molar-refractivity contribution in [1.29, 1.82) is 0 Å². The van der Waals surface area contributed by atoms with Crippen molar-refractivity contribution in [1.82, 2.24) is 14.2 Å². The van der Waals surface area contributed by atoms with Crippen LogP contribution in [0, 0.1) is 0 Å². The highest BCUT2D eigenvalue weighted by atomic mass is 15.3. The molecule has 3 nitrogen and oxygen atoms in total. The lowest BCUT2D eigenvalue weighted by Crippen LogP contribution is -2.71. The van der Waals surface area contributed by atoms with Gasteiger partial charge in [-0.3, -0.25) is 0 Å². The van der Waals surface area contributed by atoms with Gasteiger partial charge < -0.3 is 14.2 Å². The van der Waals surface area contributed by atoms with Gasteiger partial charge in [-0.1, -0.05) is 48.4 Å². The normalized spacial score (nSPS) is 18.4. The summed E-state index contributed by atoms with van der Waals surface area (Å²) in [5.74, 6) is 0. The second-order valence-corrected chi connectivity index (χ2v) is 6.62. The Labute approximate surface area is 141 Å². The smallest absolute Gasteiger partial charge is 0.290 e. The van der Waals surface area contributed by atoms with Gasteiger partial charge in [0.25, 0.3) is 22.1 Å². The quantitative estimate of drug-likeness (QED) is 0.602. The van der Waals surface area contributed by atoms with Crippen LogP contribution in [-0.4, -0.2) is 54.4 Å². The fourth-order valence-electron chi connectivity index (χ4n) is 3.80. The molecule has 0 bridgehead atoms. The Bertz CT molecular complexity index is 272. The molecule has 1 aliphatic rings. The molecule has 1 saturated heterocycles. The minimum Gasteiger partial charge on any atom is -0.362 e. The van der Waals surface area contributed by atoms with Crippen molar-refractivity contribution in [3.8, 4) is 0 Å². The van der Waals surface area contributed by atoms with Crippen LogP contribution in [0.4, 0.5) is 0 Å². The minimum absolute atomic E-state index is 0.459. The highest BCUT2D eigenvalue weighted by Crippen LogP contribution is 2.23. The van der Waals surface area contributed by atoms with Crippen LogP contribution in [0.1, 0.15) is 80.1 Å². The molecule has 0 saturated carbocycles. The summed E-state index contributed by atoms with van der Waals surface area (Å²) in [4.78, 5) is 0. The van der Waals surface area contributed by atoms with Gasteiger partial charge in [0.2, 0.25) is 0 Å². The lowest BCUT2D eigenvalue weighted by atomic mass is 9.56. The zero-order chi connectivity index (χ0) is 16.7. The number of hydrogen-bond donors (Lipinski definition) is 0. The van der Waals surface area contributed by atoms with E-state index in [0.717, 1.165) is 0 Å². The summed E-state index contributed by atoms with van der Waals surface area (Å²) in [5.41, 5.74) is 0. The molecule has 0 spiro atoms. The van der Waals surface area contributed by atoms with E-state index in [0.29, 0.717) is 25.1 Å². The molecule has 0 aliphatic carbocycles. The molecule has 124 valence electrons. The first-order chi connectivity index (χ1) is 10.6. The van der Waals surface area contributed by atoms with E-state index in [4.69, 9.17) is 0 Å². The Morgan fingerprint density at radius 1 is 0.636 bits per heavy atom. The highest BCUT2D eigenvalue weighted by Gasteiger charge is 2.41. The maximum absolute atomic E-state index is 2.61. The lowest BCUT2D eigenvalue weighted by molar-refractivity contribution is 0.305. The molecule has 0 aromatic heterocycles. The van der Waals surface area contributed by atoms with Crippen molar-refractivity contribution in [2.45, 2.75) is 105 Å². The first-order valence-electron chi connectivity index (χ1n) is 9.59. The zero-order valence-corrected chi connectivity index (χ0v) is 16.0. The van der Waals surface area contributed by atoms with Gasteiger partial charge in [-0.05, 0) is 56.7 Å². The first-order valence-corrected chi connectivity index (χ1v) is 9.59. The van der Waals surface area contributed by atoms with Gasteiger partial charge in [-0.25, -0.2) is 0 Å². The Kier molecular flexibility index (Phi) is 9.19. The Hall–Kier alpha value is 0.0748. The highest BCUT2D eigenvalue weighted by molar-refractivity contribution is 6.73. The standard InChI is InChI=1S/C16H36B3N3/c1-8-14(9-2)20-17-21(15(10-3)11-4)19(7)22(18-20)16(12-5)13-6/h14-16H,8-13H2,1-7H3. The van der Waals surface area contributed by atoms with Crippen LogP contribution >= 0.6 is 0 Å². The summed E-state index contributed by atoms with van der Waals surface area (Å²) in [7, 11) is 4.80. The summed E-state index contributed by atoms with van der Waals surface area (Å²) in [6.45, 7) is 16.7. The molecule has 0 N–H and O–H groups in total. The third-order valence-corrected chi connectivity index (χ3v) is 5.49. The minimum atomic E-state index is 0.459. The lowest BCUT2D eigenvalue weighted by Gasteiger charge is -2.52. The Morgan fingerprint density at radius 3 is 1.23 bits per heavy atom. The van der Waals surface area contributed by atoms with Gasteiger partial charge in [0.1, 0.15) is 0 Å². The van der Waals surface area contributed by atoms with E-state index < -0.39 is 0 Å². The molecule has 0 unspecified atom stereocenters. The molecule has 1 fully saturated rings. The first kappa shape index (κ1) is 20.1. The van der Waals surface area contributed by atoms with Crippen molar-refractivity contribution in [3.63, 3.8) is 0 Å². The third-order valence-electron chi connectivity index (χ3n) is 5.49. The van der Waals surface area contributed by atoms with Crippen molar-refractivity contribution >= 4 is 22.1 Å². The van der Waals surface area contributed by atoms with E-state index in [2.05, 4.69) is 77.6 Å². The van der Waals surface area contributed by atoms with Gasteiger partial charge >= 0.3 is 0 Å². The van der Waals surface area contributed by atoms with Crippen molar-refractivity contribution in [3.05, 3.63) is 0 Å². The summed E-state index contributed by atoms with van der Waals surface area (Å²) >= 11 is 0. The van der Waals surface area contributed by atoms with E-state index in [1.807, 2.05) is 0 Å². The molecule has 0 atom stereocenters. The van der Waals surface area contributed by atoms with E-state index in [1.54, 1.807) is 0 Å². The number of rotatable bonds is 9. The maximum atomic E-state index is 2.61. The molecule has 1 aliphatic heterocycles. The summed E-state index contributed by atoms with van der Waals surface area (Å²) < 4.78 is 7.70. The molecule has 2 radical (unpaired) electrons. The molecule has 6 heteroatoms. The van der Waals surface area contributed by atoms with Crippen LogP contribution in [0.2, 0.25) is 6.82 Å². The van der Waals surface area contributed by atoms with Crippen LogP contribution in [0.5, 0.6) is 0 Å². The zero-order valence-electron chi connectivity index (χ0n) is 16.0. The fourth-order valence-corrected chi connectivity index (χ4v) is 3.80. The average molecular weight is 303 g/mol. The number of hydrogen-bond acceptors (Lipinski definition) is 3. The monoisotopic (exact) mass is 303 g/mol. The fraction of sp³-hybridized carbons (Fsp3) is 1.00. The van der Waals surface area contributed by atoms with Crippen LogP contribution in [0.25, 0.3) is 0 Å². The van der Waals surface area contributed by atoms with Crippen molar-refractivity contribution in [2.24, 2.45) is 0 Å². The van der Waals surface area contributed by atoms with E-state index in [1.165, 1.54) is 38.5 Å². The predicted molar refractivity (Wildman–Crippen MR) is 102 cm³/mol.